The molecule has 0 aromatic carbocycles. The SMILES string of the molecule is Cn1ncc(N2CCCC(c3ncc[nH]3)C2)c(Br)c1=O. The maximum Gasteiger partial charge on any atom is 0.282 e. The molecule has 2 aromatic heterocycles. The number of imidazole rings is 1. The molecular weight excluding hydrogens is 322 g/mol. The van der Waals surface area contributed by atoms with Crippen LogP contribution in [0.4, 0.5) is 5.69 Å². The molecule has 3 heterocycles. The number of anilines is 1. The first kappa shape index (κ1) is 13.4. The van der Waals surface area contributed by atoms with E-state index in [1.54, 1.807) is 19.4 Å². The Bertz CT molecular complexity index is 651. The highest BCUT2D eigenvalue weighted by atomic mass is 79.9. The van der Waals surface area contributed by atoms with Crippen molar-refractivity contribution in [1.82, 2.24) is 19.7 Å². The second-order valence-electron chi connectivity index (χ2n) is 5.03. The number of H-pyrrole nitrogens is 1. The fraction of sp³-hybridized carbons (Fsp3) is 0.462. The van der Waals surface area contributed by atoms with E-state index < -0.39 is 0 Å². The van der Waals surface area contributed by atoms with Crippen LogP contribution < -0.4 is 10.5 Å². The van der Waals surface area contributed by atoms with E-state index in [-0.39, 0.29) is 5.56 Å². The number of hydrogen-bond donors (Lipinski definition) is 1. The maximum absolute atomic E-state index is 12.0. The largest absolute Gasteiger partial charge is 0.368 e. The lowest BCUT2D eigenvalue weighted by Crippen LogP contribution is -2.36. The monoisotopic (exact) mass is 337 g/mol. The normalized spacial score (nSPS) is 19.3. The highest BCUT2D eigenvalue weighted by molar-refractivity contribution is 9.10. The quantitative estimate of drug-likeness (QED) is 0.904. The van der Waals surface area contributed by atoms with E-state index in [4.69, 9.17) is 0 Å². The number of aryl methyl sites for hydroxylation is 1. The fourth-order valence-corrected chi connectivity index (χ4v) is 3.25. The van der Waals surface area contributed by atoms with Crippen LogP contribution in [0, 0.1) is 0 Å². The topological polar surface area (TPSA) is 66.8 Å². The van der Waals surface area contributed by atoms with Gasteiger partial charge in [0.05, 0.1) is 11.9 Å². The zero-order valence-electron chi connectivity index (χ0n) is 11.2. The Morgan fingerprint density at radius 1 is 1.50 bits per heavy atom. The van der Waals surface area contributed by atoms with E-state index >= 15 is 0 Å². The number of nitrogens with one attached hydrogen (secondary N) is 1. The molecular formula is C13H16BrN5O. The number of hydrogen-bond acceptors (Lipinski definition) is 4. The summed E-state index contributed by atoms with van der Waals surface area (Å²) in [5, 5.41) is 4.11. The molecule has 1 aliphatic rings. The van der Waals surface area contributed by atoms with Crippen LogP contribution in [0.25, 0.3) is 0 Å². The van der Waals surface area contributed by atoms with E-state index in [0.29, 0.717) is 10.4 Å². The Morgan fingerprint density at radius 3 is 3.10 bits per heavy atom. The summed E-state index contributed by atoms with van der Waals surface area (Å²) in [6, 6.07) is 0. The Hall–Kier alpha value is -1.63. The van der Waals surface area contributed by atoms with Gasteiger partial charge in [0.1, 0.15) is 10.3 Å². The van der Waals surface area contributed by atoms with Crippen LogP contribution >= 0.6 is 15.9 Å². The molecule has 0 aliphatic carbocycles. The average molecular weight is 338 g/mol. The fourth-order valence-electron chi connectivity index (χ4n) is 2.64. The molecule has 1 aliphatic heterocycles. The lowest BCUT2D eigenvalue weighted by molar-refractivity contribution is 0.492. The van der Waals surface area contributed by atoms with Crippen molar-refractivity contribution in [2.45, 2.75) is 18.8 Å². The molecule has 7 heteroatoms. The van der Waals surface area contributed by atoms with E-state index in [1.807, 2.05) is 6.20 Å². The molecule has 1 fully saturated rings. The second-order valence-corrected chi connectivity index (χ2v) is 5.83. The zero-order valence-corrected chi connectivity index (χ0v) is 12.8. The number of rotatable bonds is 2. The van der Waals surface area contributed by atoms with Gasteiger partial charge in [0.15, 0.2) is 0 Å². The minimum atomic E-state index is -0.109. The number of halogens is 1. The third-order valence-electron chi connectivity index (χ3n) is 3.73. The lowest BCUT2D eigenvalue weighted by Gasteiger charge is -2.33. The highest BCUT2D eigenvalue weighted by Gasteiger charge is 2.25. The summed E-state index contributed by atoms with van der Waals surface area (Å²) in [5.41, 5.74) is 0.756. The summed E-state index contributed by atoms with van der Waals surface area (Å²) in [6.07, 6.45) is 7.57. The summed E-state index contributed by atoms with van der Waals surface area (Å²) in [6.45, 7) is 1.78. The van der Waals surface area contributed by atoms with Crippen LogP contribution in [0.1, 0.15) is 24.6 Å². The van der Waals surface area contributed by atoms with E-state index in [1.165, 1.54) is 4.68 Å². The summed E-state index contributed by atoms with van der Waals surface area (Å²) in [4.78, 5) is 21.7. The van der Waals surface area contributed by atoms with Gasteiger partial charge in [-0.3, -0.25) is 4.79 Å². The van der Waals surface area contributed by atoms with Crippen molar-refractivity contribution < 1.29 is 0 Å². The van der Waals surface area contributed by atoms with Crippen molar-refractivity contribution >= 4 is 21.6 Å². The predicted molar refractivity (Wildman–Crippen MR) is 80.0 cm³/mol. The van der Waals surface area contributed by atoms with E-state index in [9.17, 15) is 4.79 Å². The molecule has 0 bridgehead atoms. The van der Waals surface area contributed by atoms with Crippen molar-refractivity contribution in [2.24, 2.45) is 7.05 Å². The molecule has 2 aromatic rings. The third kappa shape index (κ3) is 2.37. The lowest BCUT2D eigenvalue weighted by atomic mass is 9.97. The molecule has 1 N–H and O–H groups in total. The van der Waals surface area contributed by atoms with Crippen LogP contribution in [0.3, 0.4) is 0 Å². The predicted octanol–water partition coefficient (Wildman–Crippen LogP) is 1.65. The van der Waals surface area contributed by atoms with Gasteiger partial charge < -0.3 is 9.88 Å². The molecule has 1 saturated heterocycles. The van der Waals surface area contributed by atoms with Crippen molar-refractivity contribution in [3.63, 3.8) is 0 Å². The van der Waals surface area contributed by atoms with Gasteiger partial charge in [0, 0.05) is 38.4 Å². The summed E-state index contributed by atoms with van der Waals surface area (Å²) >= 11 is 3.40. The minimum absolute atomic E-state index is 0.109. The first-order valence-corrected chi connectivity index (χ1v) is 7.42. The van der Waals surface area contributed by atoms with Gasteiger partial charge in [-0.25, -0.2) is 9.67 Å². The Labute approximate surface area is 125 Å². The van der Waals surface area contributed by atoms with Crippen molar-refractivity contribution in [1.29, 1.82) is 0 Å². The molecule has 6 nitrogen and oxygen atoms in total. The number of nitrogens with zero attached hydrogens (tertiary/aromatic N) is 4. The van der Waals surface area contributed by atoms with Crippen LogP contribution in [-0.2, 0) is 7.05 Å². The number of piperidine rings is 1. The standard InChI is InChI=1S/C13H16BrN5O/c1-18-13(20)11(14)10(7-17-18)19-6-2-3-9(8-19)12-15-4-5-16-12/h4-5,7,9H,2-3,6,8H2,1H3,(H,15,16). The van der Waals surface area contributed by atoms with Gasteiger partial charge in [-0.05, 0) is 28.8 Å². The molecule has 20 heavy (non-hydrogen) atoms. The van der Waals surface area contributed by atoms with Gasteiger partial charge >= 0.3 is 0 Å². The Kier molecular flexibility index (Phi) is 3.60. The van der Waals surface area contributed by atoms with Crippen LogP contribution in [0.2, 0.25) is 0 Å². The first-order chi connectivity index (χ1) is 9.66. The van der Waals surface area contributed by atoms with Crippen LogP contribution in [0.15, 0.2) is 27.9 Å². The van der Waals surface area contributed by atoms with Gasteiger partial charge in [-0.15, -0.1) is 0 Å². The summed E-state index contributed by atoms with van der Waals surface area (Å²) in [5.74, 6) is 1.39. The minimum Gasteiger partial charge on any atom is -0.368 e. The Balaban J connectivity index is 1.87. The van der Waals surface area contributed by atoms with Crippen molar-refractivity contribution in [3.05, 3.63) is 39.2 Å². The van der Waals surface area contributed by atoms with E-state index in [0.717, 1.165) is 37.4 Å². The van der Waals surface area contributed by atoms with E-state index in [2.05, 4.69) is 35.9 Å². The number of aromatic nitrogens is 4. The molecule has 1 unspecified atom stereocenters. The molecule has 1 atom stereocenters. The van der Waals surface area contributed by atoms with Gasteiger partial charge in [-0.2, -0.15) is 5.10 Å². The summed E-state index contributed by atoms with van der Waals surface area (Å²) in [7, 11) is 1.65. The molecule has 0 amide bonds. The average Bonchev–Trinajstić information content (AvgIpc) is 2.99. The van der Waals surface area contributed by atoms with Crippen molar-refractivity contribution in [2.75, 3.05) is 18.0 Å². The molecule has 0 radical (unpaired) electrons. The van der Waals surface area contributed by atoms with Gasteiger partial charge in [0.25, 0.3) is 5.56 Å². The summed E-state index contributed by atoms with van der Waals surface area (Å²) < 4.78 is 1.91. The molecule has 3 rings (SSSR count). The molecule has 0 saturated carbocycles. The molecule has 106 valence electrons. The van der Waals surface area contributed by atoms with Gasteiger partial charge in [0.2, 0.25) is 0 Å². The van der Waals surface area contributed by atoms with Crippen LogP contribution in [-0.4, -0.2) is 32.8 Å². The first-order valence-electron chi connectivity index (χ1n) is 6.63. The van der Waals surface area contributed by atoms with Crippen molar-refractivity contribution in [3.8, 4) is 0 Å². The zero-order chi connectivity index (χ0) is 14.1. The number of aromatic amines is 1. The second kappa shape index (κ2) is 5.40. The third-order valence-corrected chi connectivity index (χ3v) is 4.47. The maximum atomic E-state index is 12.0. The molecule has 0 spiro atoms. The smallest absolute Gasteiger partial charge is 0.282 e. The highest BCUT2D eigenvalue weighted by Crippen LogP contribution is 2.30. The Morgan fingerprint density at radius 2 is 2.35 bits per heavy atom. The van der Waals surface area contributed by atoms with Gasteiger partial charge in [-0.1, -0.05) is 0 Å². The van der Waals surface area contributed by atoms with Crippen LogP contribution in [0.5, 0.6) is 0 Å².